The highest BCUT2D eigenvalue weighted by Crippen LogP contribution is 2.48. The number of nitrogen functional groups attached to an aromatic ring is 1. The minimum atomic E-state index is -0.398. The predicted molar refractivity (Wildman–Crippen MR) is 159 cm³/mol. The summed E-state index contributed by atoms with van der Waals surface area (Å²) in [5, 5.41) is 7.75. The quantitative estimate of drug-likeness (QED) is 0.258. The van der Waals surface area contributed by atoms with E-state index in [-0.39, 0.29) is 17.5 Å². The number of benzene rings is 2. The monoisotopic (exact) mass is 566 g/mol. The largest absolute Gasteiger partial charge is 0.496 e. The van der Waals surface area contributed by atoms with Crippen molar-refractivity contribution in [1.29, 1.82) is 0 Å². The topological polar surface area (TPSA) is 100 Å². The Morgan fingerprint density at radius 2 is 1.93 bits per heavy atom. The van der Waals surface area contributed by atoms with Gasteiger partial charge in [0.15, 0.2) is 5.65 Å². The van der Waals surface area contributed by atoms with Crippen LogP contribution in [0.5, 0.6) is 5.75 Å². The average molecular weight is 567 g/mol. The maximum Gasteiger partial charge on any atom is 0.264 e. The number of aromatic nitrogens is 5. The molecule has 0 unspecified atom stereocenters. The molecule has 0 bridgehead atoms. The lowest BCUT2D eigenvalue weighted by atomic mass is 9.93. The molecule has 0 saturated heterocycles. The van der Waals surface area contributed by atoms with Gasteiger partial charge in [0.05, 0.1) is 24.1 Å². The molecular formula is C31H27FN6O2S. The zero-order chi connectivity index (χ0) is 28.4. The van der Waals surface area contributed by atoms with Gasteiger partial charge in [-0.1, -0.05) is 12.1 Å². The van der Waals surface area contributed by atoms with Gasteiger partial charge >= 0.3 is 0 Å². The summed E-state index contributed by atoms with van der Waals surface area (Å²) in [4.78, 5) is 23.9. The fraction of sp³-hybridized carbons (Fsp3) is 0.226. The van der Waals surface area contributed by atoms with Crippen LogP contribution in [0.15, 0.2) is 65.0 Å². The van der Waals surface area contributed by atoms with Gasteiger partial charge in [-0.15, -0.1) is 11.3 Å². The second-order valence-corrected chi connectivity index (χ2v) is 11.4. The molecule has 2 aromatic carbocycles. The summed E-state index contributed by atoms with van der Waals surface area (Å²) in [6, 6.07) is 13.8. The summed E-state index contributed by atoms with van der Waals surface area (Å²) >= 11 is 1.51. The Labute approximate surface area is 238 Å². The third-order valence-electron chi connectivity index (χ3n) is 7.86. The molecular weight excluding hydrogens is 539 g/mol. The number of hydrogen-bond donors (Lipinski definition) is 1. The normalized spacial score (nSPS) is 14.1. The molecule has 1 saturated carbocycles. The van der Waals surface area contributed by atoms with Crippen molar-refractivity contribution in [3.05, 3.63) is 93.2 Å². The molecule has 0 aliphatic heterocycles. The maximum absolute atomic E-state index is 14.5. The van der Waals surface area contributed by atoms with E-state index in [9.17, 15) is 9.18 Å². The number of hydrogen-bond acceptors (Lipinski definition) is 7. The Balaban J connectivity index is 1.53. The first-order valence-electron chi connectivity index (χ1n) is 13.4. The molecule has 0 spiro atoms. The fourth-order valence-electron chi connectivity index (χ4n) is 5.81. The van der Waals surface area contributed by atoms with Gasteiger partial charge in [0.2, 0.25) is 0 Å². The average Bonchev–Trinajstić information content (AvgIpc) is 3.61. The number of pyridine rings is 1. The molecule has 7 rings (SSSR count). The van der Waals surface area contributed by atoms with Crippen LogP contribution in [-0.2, 0) is 0 Å². The van der Waals surface area contributed by atoms with Crippen LogP contribution < -0.4 is 16.0 Å². The van der Waals surface area contributed by atoms with Crippen molar-refractivity contribution in [3.8, 4) is 28.1 Å². The molecule has 0 amide bonds. The van der Waals surface area contributed by atoms with Crippen molar-refractivity contribution < 1.29 is 9.13 Å². The van der Waals surface area contributed by atoms with Gasteiger partial charge in [-0.05, 0) is 85.7 Å². The van der Waals surface area contributed by atoms with Crippen LogP contribution in [0.25, 0.3) is 38.2 Å². The van der Waals surface area contributed by atoms with E-state index < -0.39 is 5.82 Å². The summed E-state index contributed by atoms with van der Waals surface area (Å²) in [6.45, 7) is 3.88. The number of fused-ring (bicyclic) bond motifs is 2. The zero-order valence-corrected chi connectivity index (χ0v) is 23.6. The standard InChI is InChI=1S/C31H27FN6O2S/c1-16-11-20(9-10-23(16)40-3)27-26-29(33)34-15-35-30(26)38(36-27)28(18-7-8-18)22-13-24-37(17(2)14-41-24)31(39)25(22)19-5-4-6-21(32)12-19/h4-6,9-15,18,28H,7-8H2,1-3H3,(H2,33,34,35)/t28-/m0/s1. The Morgan fingerprint density at radius 3 is 2.66 bits per heavy atom. The van der Waals surface area contributed by atoms with E-state index in [1.807, 2.05) is 42.1 Å². The molecule has 4 aromatic heterocycles. The van der Waals surface area contributed by atoms with Crippen molar-refractivity contribution in [2.45, 2.75) is 32.7 Å². The molecule has 41 heavy (non-hydrogen) atoms. The minimum absolute atomic E-state index is 0.177. The summed E-state index contributed by atoms with van der Waals surface area (Å²) in [5.74, 6) is 0.923. The molecule has 4 heterocycles. The third kappa shape index (κ3) is 4.09. The van der Waals surface area contributed by atoms with Crippen LogP contribution in [0.2, 0.25) is 0 Å². The van der Waals surface area contributed by atoms with Crippen molar-refractivity contribution in [2.24, 2.45) is 5.92 Å². The lowest BCUT2D eigenvalue weighted by Gasteiger charge is -2.22. The number of thiazole rings is 1. The van der Waals surface area contributed by atoms with Gasteiger partial charge in [0.1, 0.15) is 34.2 Å². The highest BCUT2D eigenvalue weighted by Gasteiger charge is 2.39. The fourth-order valence-corrected chi connectivity index (χ4v) is 6.73. The van der Waals surface area contributed by atoms with Crippen LogP contribution in [0.3, 0.4) is 0 Å². The van der Waals surface area contributed by atoms with Gasteiger partial charge < -0.3 is 10.5 Å². The Bertz CT molecular complexity index is 2040. The van der Waals surface area contributed by atoms with E-state index in [0.717, 1.165) is 45.8 Å². The van der Waals surface area contributed by atoms with Gasteiger partial charge in [-0.25, -0.2) is 19.0 Å². The molecule has 8 nitrogen and oxygen atoms in total. The van der Waals surface area contributed by atoms with Crippen LogP contribution >= 0.6 is 11.3 Å². The first kappa shape index (κ1) is 25.4. The molecule has 1 atom stereocenters. The SMILES string of the molecule is COc1ccc(-c2nn([C@H](c3cc4scc(C)n4c(=O)c3-c3cccc(F)c3)C3CC3)c3ncnc(N)c23)cc1C. The highest BCUT2D eigenvalue weighted by atomic mass is 32.1. The maximum atomic E-state index is 14.5. The van der Waals surface area contributed by atoms with Crippen LogP contribution in [0.4, 0.5) is 10.2 Å². The van der Waals surface area contributed by atoms with Crippen molar-refractivity contribution in [1.82, 2.24) is 24.1 Å². The van der Waals surface area contributed by atoms with Crippen molar-refractivity contribution in [3.63, 3.8) is 0 Å². The number of anilines is 1. The van der Waals surface area contributed by atoms with Crippen LogP contribution in [0, 0.1) is 25.6 Å². The predicted octanol–water partition coefficient (Wildman–Crippen LogP) is 6.18. The number of nitrogens with two attached hydrogens (primary N) is 1. The first-order chi connectivity index (χ1) is 19.9. The molecule has 206 valence electrons. The molecule has 2 N–H and O–H groups in total. The van der Waals surface area contributed by atoms with Gasteiger partial charge in [-0.2, -0.15) is 5.10 Å². The Morgan fingerprint density at radius 1 is 1.10 bits per heavy atom. The molecule has 1 aliphatic rings. The second-order valence-electron chi connectivity index (χ2n) is 10.6. The summed E-state index contributed by atoms with van der Waals surface area (Å²) in [5.41, 5.74) is 12.0. The van der Waals surface area contributed by atoms with E-state index in [1.54, 1.807) is 23.6 Å². The molecule has 1 aliphatic carbocycles. The van der Waals surface area contributed by atoms with E-state index >= 15 is 0 Å². The first-order valence-corrected chi connectivity index (χ1v) is 14.3. The lowest BCUT2D eigenvalue weighted by Crippen LogP contribution is -2.23. The smallest absolute Gasteiger partial charge is 0.264 e. The third-order valence-corrected chi connectivity index (χ3v) is 8.86. The molecule has 1 fully saturated rings. The minimum Gasteiger partial charge on any atom is -0.496 e. The van der Waals surface area contributed by atoms with Crippen molar-refractivity contribution in [2.75, 3.05) is 12.8 Å². The number of ether oxygens (including phenoxy) is 1. The van der Waals surface area contributed by atoms with E-state index in [1.165, 1.54) is 29.8 Å². The number of rotatable bonds is 6. The number of halogens is 1. The lowest BCUT2D eigenvalue weighted by molar-refractivity contribution is 0.412. The van der Waals surface area contributed by atoms with Gasteiger partial charge in [0, 0.05) is 16.6 Å². The van der Waals surface area contributed by atoms with E-state index in [0.29, 0.717) is 33.7 Å². The van der Waals surface area contributed by atoms with Gasteiger partial charge in [-0.3, -0.25) is 9.20 Å². The van der Waals surface area contributed by atoms with Gasteiger partial charge in [0.25, 0.3) is 5.56 Å². The van der Waals surface area contributed by atoms with E-state index in [4.69, 9.17) is 15.6 Å². The van der Waals surface area contributed by atoms with Crippen molar-refractivity contribution >= 4 is 33.0 Å². The Hall–Kier alpha value is -4.57. The molecule has 0 radical (unpaired) electrons. The number of methoxy groups -OCH3 is 1. The highest BCUT2D eigenvalue weighted by molar-refractivity contribution is 7.15. The van der Waals surface area contributed by atoms with Crippen LogP contribution in [-0.4, -0.2) is 31.3 Å². The molecule has 6 aromatic rings. The number of aryl methyl sites for hydroxylation is 2. The second kappa shape index (κ2) is 9.52. The summed E-state index contributed by atoms with van der Waals surface area (Å²) in [6.07, 6.45) is 3.38. The summed E-state index contributed by atoms with van der Waals surface area (Å²) < 4.78 is 23.6. The van der Waals surface area contributed by atoms with Crippen LogP contribution in [0.1, 0.15) is 35.7 Å². The summed E-state index contributed by atoms with van der Waals surface area (Å²) in [7, 11) is 1.64. The number of nitrogens with zero attached hydrogens (tertiary/aromatic N) is 5. The zero-order valence-electron chi connectivity index (χ0n) is 22.8. The molecule has 10 heteroatoms. The van der Waals surface area contributed by atoms with E-state index in [2.05, 4.69) is 16.0 Å². The Kier molecular flexibility index (Phi) is 5.90.